The highest BCUT2D eigenvalue weighted by molar-refractivity contribution is 9.10. The van der Waals surface area contributed by atoms with Crippen molar-refractivity contribution < 1.29 is 19.2 Å². The fraction of sp³-hybridized carbons (Fsp3) is 0.200. The van der Waals surface area contributed by atoms with E-state index in [0.717, 1.165) is 10.0 Å². The van der Waals surface area contributed by atoms with Crippen LogP contribution in [0.5, 0.6) is 5.75 Å². The molecule has 0 fully saturated rings. The Morgan fingerprint density at radius 3 is 2.67 bits per heavy atom. The molecular weight excluding hydrogens is 412 g/mol. The average Bonchev–Trinajstić information content (AvgIpc) is 3.12. The number of nitrogens with zero attached hydrogens (tertiary/aromatic N) is 1. The van der Waals surface area contributed by atoms with E-state index in [0.29, 0.717) is 23.6 Å². The van der Waals surface area contributed by atoms with Gasteiger partial charge in [0, 0.05) is 10.0 Å². The van der Waals surface area contributed by atoms with E-state index in [1.807, 2.05) is 30.3 Å². The number of methoxy groups -OCH3 is 1. The van der Waals surface area contributed by atoms with Crippen LogP contribution in [0.4, 0.5) is 5.69 Å². The number of hydroxylamine groups is 2. The lowest BCUT2D eigenvalue weighted by molar-refractivity contribution is -0.183. The molecule has 0 aliphatic carbocycles. The standard InChI is InChI=1S/C20H19BrN2O4/c1-26-16-7-8-18(17(21)12-16)22-20(25)15-9-10-23(13-15)27-19(24)11-14-5-3-2-4-6-14/h2-9,12H,10-11,13H2,1H3,(H,22,25). The van der Waals surface area contributed by atoms with Gasteiger partial charge in [0.25, 0.3) is 5.91 Å². The Hall–Kier alpha value is -2.64. The van der Waals surface area contributed by atoms with Crippen LogP contribution >= 0.6 is 15.9 Å². The fourth-order valence-electron chi connectivity index (χ4n) is 2.63. The third-order valence-electron chi connectivity index (χ3n) is 4.03. The second kappa shape index (κ2) is 8.83. The van der Waals surface area contributed by atoms with Gasteiger partial charge in [-0.25, -0.2) is 4.79 Å². The monoisotopic (exact) mass is 430 g/mol. The van der Waals surface area contributed by atoms with Crippen molar-refractivity contribution >= 4 is 33.5 Å². The van der Waals surface area contributed by atoms with Gasteiger partial charge in [-0.2, -0.15) is 0 Å². The molecular formula is C20H19BrN2O4. The van der Waals surface area contributed by atoms with Gasteiger partial charge in [-0.15, -0.1) is 5.06 Å². The fourth-order valence-corrected chi connectivity index (χ4v) is 3.09. The van der Waals surface area contributed by atoms with Gasteiger partial charge in [0.1, 0.15) is 5.75 Å². The Bertz CT molecular complexity index is 868. The second-order valence-electron chi connectivity index (χ2n) is 5.98. The number of anilines is 1. The Morgan fingerprint density at radius 1 is 1.19 bits per heavy atom. The Labute approximate surface area is 165 Å². The molecule has 7 heteroatoms. The zero-order valence-electron chi connectivity index (χ0n) is 14.8. The molecule has 0 spiro atoms. The number of hydrogen-bond acceptors (Lipinski definition) is 5. The number of ether oxygens (including phenoxy) is 1. The molecule has 1 aliphatic rings. The average molecular weight is 431 g/mol. The summed E-state index contributed by atoms with van der Waals surface area (Å²) in [5.74, 6) is 0.105. The summed E-state index contributed by atoms with van der Waals surface area (Å²) in [4.78, 5) is 29.8. The van der Waals surface area contributed by atoms with Crippen LogP contribution in [0, 0.1) is 0 Å². The van der Waals surface area contributed by atoms with E-state index in [1.54, 1.807) is 31.4 Å². The van der Waals surface area contributed by atoms with E-state index in [1.165, 1.54) is 5.06 Å². The Kier molecular flexibility index (Phi) is 6.26. The summed E-state index contributed by atoms with van der Waals surface area (Å²) in [5.41, 5.74) is 2.07. The quantitative estimate of drug-likeness (QED) is 0.760. The SMILES string of the molecule is COc1ccc(NC(=O)C2=CCN(OC(=O)Cc3ccccc3)C2)c(Br)c1. The molecule has 2 aromatic carbocycles. The van der Waals surface area contributed by atoms with Crippen molar-refractivity contribution in [1.82, 2.24) is 5.06 Å². The maximum atomic E-state index is 12.4. The summed E-state index contributed by atoms with van der Waals surface area (Å²) >= 11 is 3.41. The van der Waals surface area contributed by atoms with E-state index in [-0.39, 0.29) is 24.8 Å². The van der Waals surface area contributed by atoms with Crippen LogP contribution in [0.3, 0.4) is 0 Å². The van der Waals surface area contributed by atoms with Gasteiger partial charge in [-0.1, -0.05) is 36.4 Å². The van der Waals surface area contributed by atoms with Crippen molar-refractivity contribution in [2.24, 2.45) is 0 Å². The van der Waals surface area contributed by atoms with Gasteiger partial charge in [-0.3, -0.25) is 4.79 Å². The molecule has 140 valence electrons. The lowest BCUT2D eigenvalue weighted by Crippen LogP contribution is -2.28. The summed E-state index contributed by atoms with van der Waals surface area (Å²) in [6.45, 7) is 0.632. The lowest BCUT2D eigenvalue weighted by atomic mass is 10.2. The van der Waals surface area contributed by atoms with Crippen LogP contribution in [0.25, 0.3) is 0 Å². The molecule has 0 atom stereocenters. The first-order valence-electron chi connectivity index (χ1n) is 8.39. The van der Waals surface area contributed by atoms with Crippen molar-refractivity contribution in [3.63, 3.8) is 0 Å². The first kappa shape index (κ1) is 19.1. The van der Waals surface area contributed by atoms with Crippen molar-refractivity contribution in [2.45, 2.75) is 6.42 Å². The first-order chi connectivity index (χ1) is 13.0. The van der Waals surface area contributed by atoms with Crippen molar-refractivity contribution in [3.05, 3.63) is 70.2 Å². The third kappa shape index (κ3) is 5.18. The van der Waals surface area contributed by atoms with Gasteiger partial charge in [0.2, 0.25) is 0 Å². The topological polar surface area (TPSA) is 67.9 Å². The smallest absolute Gasteiger partial charge is 0.329 e. The molecule has 0 unspecified atom stereocenters. The molecule has 0 saturated heterocycles. The Balaban J connectivity index is 1.51. The minimum Gasteiger partial charge on any atom is -0.497 e. The summed E-state index contributed by atoms with van der Waals surface area (Å²) < 4.78 is 5.86. The molecule has 3 rings (SSSR count). The zero-order valence-corrected chi connectivity index (χ0v) is 16.4. The molecule has 2 aromatic rings. The predicted octanol–water partition coefficient (Wildman–Crippen LogP) is 3.34. The number of hydrogen-bond donors (Lipinski definition) is 1. The molecule has 27 heavy (non-hydrogen) atoms. The molecule has 0 radical (unpaired) electrons. The van der Waals surface area contributed by atoms with Crippen LogP contribution in [-0.4, -0.2) is 37.1 Å². The van der Waals surface area contributed by atoms with Crippen LogP contribution in [0.2, 0.25) is 0 Å². The largest absolute Gasteiger partial charge is 0.497 e. The maximum absolute atomic E-state index is 12.4. The van der Waals surface area contributed by atoms with Crippen LogP contribution < -0.4 is 10.1 Å². The normalized spacial score (nSPS) is 13.8. The highest BCUT2D eigenvalue weighted by Gasteiger charge is 2.23. The third-order valence-corrected chi connectivity index (χ3v) is 4.68. The van der Waals surface area contributed by atoms with Gasteiger partial charge >= 0.3 is 5.97 Å². The highest BCUT2D eigenvalue weighted by atomic mass is 79.9. The van der Waals surface area contributed by atoms with Gasteiger partial charge in [-0.05, 0) is 39.7 Å². The number of nitrogens with one attached hydrogen (secondary N) is 1. The molecule has 6 nitrogen and oxygen atoms in total. The Morgan fingerprint density at radius 2 is 1.96 bits per heavy atom. The number of amides is 1. The van der Waals surface area contributed by atoms with E-state index < -0.39 is 0 Å². The molecule has 1 heterocycles. The molecule has 0 aromatic heterocycles. The number of rotatable bonds is 6. The van der Waals surface area contributed by atoms with Gasteiger partial charge in [0.15, 0.2) is 0 Å². The van der Waals surface area contributed by atoms with Crippen LogP contribution in [0.1, 0.15) is 5.56 Å². The first-order valence-corrected chi connectivity index (χ1v) is 9.18. The maximum Gasteiger partial charge on any atom is 0.329 e. The summed E-state index contributed by atoms with van der Waals surface area (Å²) in [7, 11) is 1.58. The molecule has 1 amide bonds. The van der Waals surface area contributed by atoms with E-state index in [2.05, 4.69) is 21.2 Å². The molecule has 1 aliphatic heterocycles. The highest BCUT2D eigenvalue weighted by Crippen LogP contribution is 2.27. The van der Waals surface area contributed by atoms with Gasteiger partial charge < -0.3 is 14.9 Å². The molecule has 0 bridgehead atoms. The summed E-state index contributed by atoms with van der Waals surface area (Å²) in [6.07, 6.45) is 1.94. The summed E-state index contributed by atoms with van der Waals surface area (Å²) in [5, 5.41) is 4.32. The van der Waals surface area contributed by atoms with E-state index >= 15 is 0 Å². The van der Waals surface area contributed by atoms with Crippen LogP contribution in [0.15, 0.2) is 64.7 Å². The molecule has 0 saturated carbocycles. The summed E-state index contributed by atoms with van der Waals surface area (Å²) in [6, 6.07) is 14.7. The number of benzene rings is 2. The van der Waals surface area contributed by atoms with Crippen molar-refractivity contribution in [1.29, 1.82) is 0 Å². The van der Waals surface area contributed by atoms with Gasteiger partial charge in [0.05, 0.1) is 32.3 Å². The van der Waals surface area contributed by atoms with E-state index in [4.69, 9.17) is 9.57 Å². The zero-order chi connectivity index (χ0) is 19.2. The predicted molar refractivity (Wildman–Crippen MR) is 105 cm³/mol. The lowest BCUT2D eigenvalue weighted by Gasteiger charge is -2.15. The second-order valence-corrected chi connectivity index (χ2v) is 6.83. The molecule has 1 N–H and O–H groups in total. The number of halogens is 1. The van der Waals surface area contributed by atoms with E-state index in [9.17, 15) is 9.59 Å². The van der Waals surface area contributed by atoms with Crippen LogP contribution in [-0.2, 0) is 20.8 Å². The minimum atomic E-state index is -0.353. The number of carbonyl (C=O) groups excluding carboxylic acids is 2. The van der Waals surface area contributed by atoms with Crippen molar-refractivity contribution in [2.75, 3.05) is 25.5 Å². The number of carbonyl (C=O) groups is 2. The van der Waals surface area contributed by atoms with Crippen molar-refractivity contribution in [3.8, 4) is 5.75 Å². The minimum absolute atomic E-state index is 0.192.